The maximum atomic E-state index is 5.51. The lowest BCUT2D eigenvalue weighted by Crippen LogP contribution is -2.39. The van der Waals surface area contributed by atoms with Gasteiger partial charge in [-0.05, 0) is 25.3 Å². The average Bonchev–Trinajstić information content (AvgIpc) is 3.00. The van der Waals surface area contributed by atoms with Crippen molar-refractivity contribution in [3.05, 3.63) is 18.0 Å². The Morgan fingerprint density at radius 1 is 1.12 bits per heavy atom. The highest BCUT2D eigenvalue weighted by atomic mass is 127. The van der Waals surface area contributed by atoms with E-state index in [0.717, 1.165) is 45.0 Å². The van der Waals surface area contributed by atoms with Gasteiger partial charge in [0.1, 0.15) is 0 Å². The minimum Gasteiger partial charge on any atom is -0.379 e. The Morgan fingerprint density at radius 3 is 2.48 bits per heavy atom. The van der Waals surface area contributed by atoms with E-state index >= 15 is 0 Å². The molecular formula is C17H34IN5O2. The van der Waals surface area contributed by atoms with Crippen molar-refractivity contribution in [2.45, 2.75) is 39.7 Å². The lowest BCUT2D eigenvalue weighted by Gasteiger charge is -2.12. The molecule has 8 heteroatoms. The van der Waals surface area contributed by atoms with Crippen LogP contribution in [-0.2, 0) is 16.0 Å². The average molecular weight is 467 g/mol. The first kappa shape index (κ1) is 24.1. The van der Waals surface area contributed by atoms with Gasteiger partial charge in [0.25, 0.3) is 0 Å². The second-order valence-corrected chi connectivity index (χ2v) is 5.64. The third-order valence-corrected chi connectivity index (χ3v) is 3.40. The van der Waals surface area contributed by atoms with Crippen molar-refractivity contribution in [1.82, 2.24) is 20.4 Å². The van der Waals surface area contributed by atoms with Crippen molar-refractivity contribution in [3.8, 4) is 0 Å². The molecule has 0 aliphatic rings. The highest BCUT2D eigenvalue weighted by Gasteiger charge is 1.98. The predicted octanol–water partition coefficient (Wildman–Crippen LogP) is 2.20. The lowest BCUT2D eigenvalue weighted by atomic mass is 10.4. The SMILES string of the molecule is CCCCOCCOCCNC(=NC)NCCCn1cc(C)cn1.I. The molecule has 1 aromatic rings. The number of nitrogens with zero attached hydrogens (tertiary/aromatic N) is 3. The van der Waals surface area contributed by atoms with E-state index in [4.69, 9.17) is 9.47 Å². The Labute approximate surface area is 169 Å². The molecule has 0 atom stereocenters. The van der Waals surface area contributed by atoms with Crippen LogP contribution in [0.25, 0.3) is 0 Å². The summed E-state index contributed by atoms with van der Waals surface area (Å²) in [5.41, 5.74) is 1.19. The minimum atomic E-state index is 0. The number of rotatable bonds is 13. The maximum Gasteiger partial charge on any atom is 0.191 e. The van der Waals surface area contributed by atoms with E-state index in [1.807, 2.05) is 17.8 Å². The number of hydrogen-bond donors (Lipinski definition) is 2. The summed E-state index contributed by atoms with van der Waals surface area (Å²) >= 11 is 0. The van der Waals surface area contributed by atoms with E-state index in [1.54, 1.807) is 7.05 Å². The van der Waals surface area contributed by atoms with Crippen LogP contribution in [0.3, 0.4) is 0 Å². The molecule has 0 amide bonds. The van der Waals surface area contributed by atoms with Crippen molar-refractivity contribution in [2.24, 2.45) is 4.99 Å². The van der Waals surface area contributed by atoms with Gasteiger partial charge < -0.3 is 20.1 Å². The lowest BCUT2D eigenvalue weighted by molar-refractivity contribution is 0.0487. The number of aliphatic imine (C=N–C) groups is 1. The predicted molar refractivity (Wildman–Crippen MR) is 113 cm³/mol. The van der Waals surface area contributed by atoms with Gasteiger partial charge in [0, 0.05) is 39.5 Å². The van der Waals surface area contributed by atoms with Crippen LogP contribution in [0.4, 0.5) is 0 Å². The molecule has 25 heavy (non-hydrogen) atoms. The summed E-state index contributed by atoms with van der Waals surface area (Å²) in [5.74, 6) is 0.800. The summed E-state index contributed by atoms with van der Waals surface area (Å²) < 4.78 is 12.9. The number of nitrogens with one attached hydrogen (secondary N) is 2. The number of ether oxygens (including phenoxy) is 2. The van der Waals surface area contributed by atoms with E-state index in [0.29, 0.717) is 19.8 Å². The Bertz CT molecular complexity index is 454. The van der Waals surface area contributed by atoms with Crippen molar-refractivity contribution in [1.29, 1.82) is 0 Å². The summed E-state index contributed by atoms with van der Waals surface area (Å²) in [7, 11) is 1.77. The van der Waals surface area contributed by atoms with Crippen LogP contribution in [0.15, 0.2) is 17.4 Å². The van der Waals surface area contributed by atoms with Crippen LogP contribution in [0.5, 0.6) is 0 Å². The van der Waals surface area contributed by atoms with Gasteiger partial charge in [-0.2, -0.15) is 5.10 Å². The van der Waals surface area contributed by atoms with Crippen LogP contribution >= 0.6 is 24.0 Å². The first-order valence-corrected chi connectivity index (χ1v) is 8.85. The van der Waals surface area contributed by atoms with Crippen molar-refractivity contribution in [2.75, 3.05) is 46.6 Å². The van der Waals surface area contributed by atoms with E-state index in [2.05, 4.69) is 33.8 Å². The van der Waals surface area contributed by atoms with Gasteiger partial charge in [0.15, 0.2) is 5.96 Å². The summed E-state index contributed by atoms with van der Waals surface area (Å²) in [5, 5.41) is 10.8. The molecule has 146 valence electrons. The smallest absolute Gasteiger partial charge is 0.191 e. The Balaban J connectivity index is 0.00000576. The van der Waals surface area contributed by atoms with Gasteiger partial charge >= 0.3 is 0 Å². The van der Waals surface area contributed by atoms with Crippen LogP contribution in [0, 0.1) is 6.92 Å². The van der Waals surface area contributed by atoms with Crippen LogP contribution in [0.1, 0.15) is 31.7 Å². The number of guanidine groups is 1. The highest BCUT2D eigenvalue weighted by molar-refractivity contribution is 14.0. The van der Waals surface area contributed by atoms with E-state index < -0.39 is 0 Å². The van der Waals surface area contributed by atoms with E-state index in [1.165, 1.54) is 12.0 Å². The molecule has 0 aliphatic carbocycles. The molecule has 1 aromatic heterocycles. The summed E-state index contributed by atoms with van der Waals surface area (Å²) in [6, 6.07) is 0. The quantitative estimate of drug-likeness (QED) is 0.202. The number of aryl methyl sites for hydroxylation is 2. The zero-order valence-electron chi connectivity index (χ0n) is 15.8. The van der Waals surface area contributed by atoms with Crippen molar-refractivity contribution < 1.29 is 9.47 Å². The molecule has 1 rings (SSSR count). The molecule has 0 spiro atoms. The molecule has 0 aliphatic heterocycles. The normalized spacial score (nSPS) is 11.2. The van der Waals surface area contributed by atoms with Crippen LogP contribution in [0.2, 0.25) is 0 Å². The third kappa shape index (κ3) is 13.1. The first-order valence-electron chi connectivity index (χ1n) is 8.85. The number of unbranched alkanes of at least 4 members (excludes halogenated alkanes) is 1. The monoisotopic (exact) mass is 467 g/mol. The minimum absolute atomic E-state index is 0. The summed E-state index contributed by atoms with van der Waals surface area (Å²) in [6.45, 7) is 9.46. The molecule has 7 nitrogen and oxygen atoms in total. The topological polar surface area (TPSA) is 72.7 Å². The molecule has 1 heterocycles. The molecule has 0 aromatic carbocycles. The second kappa shape index (κ2) is 16.6. The molecule has 0 radical (unpaired) electrons. The van der Waals surface area contributed by atoms with Gasteiger partial charge in [-0.15, -0.1) is 24.0 Å². The van der Waals surface area contributed by atoms with Gasteiger partial charge in [-0.3, -0.25) is 9.67 Å². The zero-order valence-corrected chi connectivity index (χ0v) is 18.1. The van der Waals surface area contributed by atoms with Gasteiger partial charge in [0.2, 0.25) is 0 Å². The molecular weight excluding hydrogens is 433 g/mol. The van der Waals surface area contributed by atoms with Crippen molar-refractivity contribution >= 4 is 29.9 Å². The molecule has 0 unspecified atom stereocenters. The molecule has 0 saturated carbocycles. The Hall–Kier alpha value is -0.870. The summed E-state index contributed by atoms with van der Waals surface area (Å²) in [4.78, 5) is 4.20. The van der Waals surface area contributed by atoms with Gasteiger partial charge in [0.05, 0.1) is 26.0 Å². The number of halogens is 1. The zero-order chi connectivity index (χ0) is 17.5. The summed E-state index contributed by atoms with van der Waals surface area (Å²) in [6.07, 6.45) is 7.20. The number of aromatic nitrogens is 2. The van der Waals surface area contributed by atoms with Gasteiger partial charge in [-0.1, -0.05) is 13.3 Å². The fourth-order valence-electron chi connectivity index (χ4n) is 2.07. The fraction of sp³-hybridized carbons (Fsp3) is 0.765. The maximum absolute atomic E-state index is 5.51. The third-order valence-electron chi connectivity index (χ3n) is 3.40. The molecule has 2 N–H and O–H groups in total. The van der Waals surface area contributed by atoms with E-state index in [-0.39, 0.29) is 24.0 Å². The van der Waals surface area contributed by atoms with E-state index in [9.17, 15) is 0 Å². The van der Waals surface area contributed by atoms with Gasteiger partial charge in [-0.25, -0.2) is 0 Å². The second-order valence-electron chi connectivity index (χ2n) is 5.64. The van der Waals surface area contributed by atoms with Crippen LogP contribution < -0.4 is 10.6 Å². The molecule has 0 fully saturated rings. The molecule has 0 saturated heterocycles. The van der Waals surface area contributed by atoms with Crippen molar-refractivity contribution in [3.63, 3.8) is 0 Å². The largest absolute Gasteiger partial charge is 0.379 e. The molecule has 0 bridgehead atoms. The first-order chi connectivity index (χ1) is 11.8. The van der Waals surface area contributed by atoms with Crippen LogP contribution in [-0.4, -0.2) is 62.3 Å². The highest BCUT2D eigenvalue weighted by Crippen LogP contribution is 1.95. The Kier molecular flexibility index (Phi) is 16.0. The number of hydrogen-bond acceptors (Lipinski definition) is 4. The Morgan fingerprint density at radius 2 is 1.84 bits per heavy atom. The fourth-order valence-corrected chi connectivity index (χ4v) is 2.07. The standard InChI is InChI=1S/C17H33N5O2.HI/c1-4-5-10-23-12-13-24-11-8-20-17(18-3)19-7-6-9-22-15-16(2)14-21-22;/h14-15H,4-13H2,1-3H3,(H2,18,19,20);1H.